The van der Waals surface area contributed by atoms with Crippen LogP contribution in [-0.4, -0.2) is 43.4 Å². The molecule has 0 saturated carbocycles. The van der Waals surface area contributed by atoms with Gasteiger partial charge in [-0.05, 0) is 30.9 Å². The summed E-state index contributed by atoms with van der Waals surface area (Å²) in [5, 5.41) is 0. The summed E-state index contributed by atoms with van der Waals surface area (Å²) in [6.45, 7) is 4.78. The Kier molecular flexibility index (Phi) is 6.84. The molecule has 178 valence electrons. The number of aromatic nitrogens is 4. The fraction of sp³-hybridized carbons (Fsp3) is 0.286. The second-order valence-corrected chi connectivity index (χ2v) is 9.01. The molecule has 2 aromatic heterocycles. The molecule has 0 atom stereocenters. The van der Waals surface area contributed by atoms with Crippen LogP contribution in [0.15, 0.2) is 85.5 Å². The monoisotopic (exact) mass is 466 g/mol. The van der Waals surface area contributed by atoms with E-state index >= 15 is 0 Å². The van der Waals surface area contributed by atoms with E-state index in [0.29, 0.717) is 13.1 Å². The van der Waals surface area contributed by atoms with E-state index in [-0.39, 0.29) is 11.8 Å². The van der Waals surface area contributed by atoms with Crippen LogP contribution in [0.1, 0.15) is 29.8 Å². The molecular formula is C28H30N6O. The molecule has 1 aliphatic heterocycles. The lowest BCUT2D eigenvalue weighted by molar-refractivity contribution is -0.137. The summed E-state index contributed by atoms with van der Waals surface area (Å²) in [6, 6.07) is 22.5. The zero-order chi connectivity index (χ0) is 24.0. The Bertz CT molecular complexity index is 1210. The van der Waals surface area contributed by atoms with Crippen molar-refractivity contribution in [2.24, 2.45) is 5.92 Å². The predicted molar refractivity (Wildman–Crippen MR) is 136 cm³/mol. The molecule has 35 heavy (non-hydrogen) atoms. The number of hydrogen-bond acceptors (Lipinski definition) is 5. The third-order valence-corrected chi connectivity index (χ3v) is 6.62. The first-order valence-corrected chi connectivity index (χ1v) is 12.1. The first kappa shape index (κ1) is 22.8. The highest BCUT2D eigenvalue weighted by molar-refractivity contribution is 5.79. The zero-order valence-corrected chi connectivity index (χ0v) is 20.0. The maximum Gasteiger partial charge on any atom is 0.226 e. The number of carbonyl (C=O) groups excluding carboxylic acids is 1. The lowest BCUT2D eigenvalue weighted by atomic mass is 9.94. The van der Waals surface area contributed by atoms with Gasteiger partial charge in [-0.3, -0.25) is 9.36 Å². The molecule has 4 aromatic rings. The van der Waals surface area contributed by atoms with Crippen LogP contribution in [0.3, 0.4) is 0 Å². The van der Waals surface area contributed by atoms with Crippen molar-refractivity contribution in [1.82, 2.24) is 24.4 Å². The highest BCUT2D eigenvalue weighted by atomic mass is 16.2. The molecule has 0 radical (unpaired) electrons. The Morgan fingerprint density at radius 3 is 2.06 bits per heavy atom. The van der Waals surface area contributed by atoms with Crippen LogP contribution in [-0.2, 0) is 17.9 Å². The van der Waals surface area contributed by atoms with Gasteiger partial charge in [-0.1, -0.05) is 60.7 Å². The molecule has 7 heteroatoms. The highest BCUT2D eigenvalue weighted by Gasteiger charge is 2.29. The van der Waals surface area contributed by atoms with E-state index < -0.39 is 0 Å². The van der Waals surface area contributed by atoms with Crippen molar-refractivity contribution in [3.05, 3.63) is 102 Å². The molecule has 5 rings (SSSR count). The average molecular weight is 467 g/mol. The van der Waals surface area contributed by atoms with Crippen LogP contribution < -0.4 is 4.90 Å². The number of nitrogens with zero attached hydrogens (tertiary/aromatic N) is 6. The second kappa shape index (κ2) is 10.5. The maximum atomic E-state index is 13.7. The van der Waals surface area contributed by atoms with Crippen LogP contribution in [0.2, 0.25) is 0 Å². The number of rotatable bonds is 7. The summed E-state index contributed by atoms with van der Waals surface area (Å²) < 4.78 is 1.95. The van der Waals surface area contributed by atoms with E-state index in [1.165, 1.54) is 0 Å². The Morgan fingerprint density at radius 1 is 0.886 bits per heavy atom. The summed E-state index contributed by atoms with van der Waals surface area (Å²) in [7, 11) is 0. The fourth-order valence-corrected chi connectivity index (χ4v) is 4.70. The molecule has 0 bridgehead atoms. The molecule has 0 spiro atoms. The summed E-state index contributed by atoms with van der Waals surface area (Å²) in [4.78, 5) is 31.1. The van der Waals surface area contributed by atoms with E-state index in [4.69, 9.17) is 0 Å². The number of imidazole rings is 1. The molecule has 7 nitrogen and oxygen atoms in total. The summed E-state index contributed by atoms with van der Waals surface area (Å²) in [6.07, 6.45) is 6.89. The number of aryl methyl sites for hydroxylation is 1. The lowest BCUT2D eigenvalue weighted by Gasteiger charge is -2.35. The van der Waals surface area contributed by atoms with Crippen molar-refractivity contribution >= 4 is 11.7 Å². The third kappa shape index (κ3) is 5.40. The van der Waals surface area contributed by atoms with Crippen molar-refractivity contribution in [1.29, 1.82) is 0 Å². The summed E-state index contributed by atoms with van der Waals surface area (Å²) in [5.74, 6) is 2.82. The van der Waals surface area contributed by atoms with Crippen molar-refractivity contribution in [3.8, 4) is 5.82 Å². The topological polar surface area (TPSA) is 67.2 Å². The largest absolute Gasteiger partial charge is 0.356 e. The second-order valence-electron chi connectivity index (χ2n) is 9.01. The van der Waals surface area contributed by atoms with Gasteiger partial charge in [0.25, 0.3) is 0 Å². The molecule has 0 unspecified atom stereocenters. The number of anilines is 1. The molecular weight excluding hydrogens is 436 g/mol. The van der Waals surface area contributed by atoms with Crippen molar-refractivity contribution < 1.29 is 4.79 Å². The minimum Gasteiger partial charge on any atom is -0.356 e. The smallest absolute Gasteiger partial charge is 0.226 e. The van der Waals surface area contributed by atoms with E-state index in [0.717, 1.165) is 54.5 Å². The molecule has 2 aromatic carbocycles. The minimum atomic E-state index is 0.0101. The van der Waals surface area contributed by atoms with E-state index in [1.807, 2.05) is 65.1 Å². The molecule has 1 fully saturated rings. The fourth-order valence-electron chi connectivity index (χ4n) is 4.70. The number of piperidine rings is 1. The molecule has 1 saturated heterocycles. The molecule has 0 aliphatic carbocycles. The van der Waals surface area contributed by atoms with Gasteiger partial charge >= 0.3 is 0 Å². The van der Waals surface area contributed by atoms with Gasteiger partial charge in [0.2, 0.25) is 5.91 Å². The van der Waals surface area contributed by atoms with Crippen molar-refractivity contribution in [3.63, 3.8) is 0 Å². The number of hydrogen-bond donors (Lipinski definition) is 0. The van der Waals surface area contributed by atoms with E-state index in [9.17, 15) is 4.79 Å². The van der Waals surface area contributed by atoms with Crippen LogP contribution >= 0.6 is 0 Å². The summed E-state index contributed by atoms with van der Waals surface area (Å²) >= 11 is 0. The van der Waals surface area contributed by atoms with Gasteiger partial charge in [0.05, 0.1) is 0 Å². The SMILES string of the molecule is Cc1nccn1-c1cc(N2CCC(C(=O)N(Cc3ccccc3)Cc3ccccc3)CC2)ncn1. The first-order chi connectivity index (χ1) is 17.2. The van der Waals surface area contributed by atoms with Gasteiger partial charge in [0.1, 0.15) is 23.8 Å². The Morgan fingerprint density at radius 2 is 1.49 bits per heavy atom. The van der Waals surface area contributed by atoms with Gasteiger partial charge in [0.15, 0.2) is 0 Å². The predicted octanol–water partition coefficient (Wildman–Crippen LogP) is 4.42. The Balaban J connectivity index is 1.27. The zero-order valence-electron chi connectivity index (χ0n) is 20.0. The van der Waals surface area contributed by atoms with Crippen LogP contribution in [0.4, 0.5) is 5.82 Å². The Labute approximate surface area is 206 Å². The van der Waals surface area contributed by atoms with Crippen molar-refractivity contribution in [2.45, 2.75) is 32.9 Å². The van der Waals surface area contributed by atoms with E-state index in [1.54, 1.807) is 12.5 Å². The average Bonchev–Trinajstić information content (AvgIpc) is 3.35. The molecule has 1 aliphatic rings. The number of amides is 1. The van der Waals surface area contributed by atoms with Crippen LogP contribution in [0.25, 0.3) is 5.82 Å². The third-order valence-electron chi connectivity index (χ3n) is 6.62. The van der Waals surface area contributed by atoms with Gasteiger partial charge in [-0.15, -0.1) is 0 Å². The quantitative estimate of drug-likeness (QED) is 0.403. The molecule has 1 amide bonds. The van der Waals surface area contributed by atoms with Crippen LogP contribution in [0, 0.1) is 12.8 Å². The molecule has 3 heterocycles. The standard InChI is InChI=1S/C28H30N6O/c1-22-29-14-17-34(22)27-18-26(30-21-31-27)32-15-12-25(13-16-32)28(35)33(19-23-8-4-2-5-9-23)20-24-10-6-3-7-11-24/h2-11,14,17-18,21,25H,12-13,15-16,19-20H2,1H3. The van der Waals surface area contributed by atoms with Gasteiger partial charge < -0.3 is 9.80 Å². The number of carbonyl (C=O) groups is 1. The van der Waals surface area contributed by atoms with Crippen molar-refractivity contribution in [2.75, 3.05) is 18.0 Å². The Hall–Kier alpha value is -4.00. The minimum absolute atomic E-state index is 0.0101. The lowest BCUT2D eigenvalue weighted by Crippen LogP contribution is -2.42. The summed E-state index contributed by atoms with van der Waals surface area (Å²) in [5.41, 5.74) is 2.30. The van der Waals surface area contributed by atoms with Crippen LogP contribution in [0.5, 0.6) is 0 Å². The maximum absolute atomic E-state index is 13.7. The highest BCUT2D eigenvalue weighted by Crippen LogP contribution is 2.26. The van der Waals surface area contributed by atoms with Gasteiger partial charge in [-0.25, -0.2) is 15.0 Å². The first-order valence-electron chi connectivity index (χ1n) is 12.1. The van der Waals surface area contributed by atoms with E-state index in [2.05, 4.69) is 44.1 Å². The normalized spacial score (nSPS) is 14.1. The van der Waals surface area contributed by atoms with Gasteiger partial charge in [-0.2, -0.15) is 0 Å². The number of benzene rings is 2. The van der Waals surface area contributed by atoms with Gasteiger partial charge in [0, 0.05) is 50.6 Å². The molecule has 0 N–H and O–H groups in total.